The van der Waals surface area contributed by atoms with Crippen molar-refractivity contribution >= 4 is 27.5 Å². The summed E-state index contributed by atoms with van der Waals surface area (Å²) in [5, 5.41) is 1.07. The number of halogens is 3. The maximum absolute atomic E-state index is 12.2. The molecule has 26 heavy (non-hydrogen) atoms. The molecule has 2 aromatic rings. The lowest BCUT2D eigenvalue weighted by atomic mass is 10.1. The number of alkyl halides is 3. The van der Waals surface area contributed by atoms with Crippen LogP contribution >= 0.6 is 11.3 Å². The third-order valence-electron chi connectivity index (χ3n) is 4.46. The number of likely N-dealkylation sites (tertiary alicyclic amines) is 1. The van der Waals surface area contributed by atoms with Gasteiger partial charge in [0.25, 0.3) is 0 Å². The highest BCUT2D eigenvalue weighted by Crippen LogP contribution is 2.25. The van der Waals surface area contributed by atoms with Gasteiger partial charge in [0, 0.05) is 19.5 Å². The van der Waals surface area contributed by atoms with Gasteiger partial charge >= 0.3 is 6.36 Å². The molecular weight excluding hydrogens is 365 g/mol. The minimum Gasteiger partial charge on any atom is -0.343 e. The summed E-state index contributed by atoms with van der Waals surface area (Å²) in [7, 11) is 0. The Labute approximate surface area is 154 Å². The highest BCUT2D eigenvalue weighted by molar-refractivity contribution is 7.18. The van der Waals surface area contributed by atoms with Crippen molar-refractivity contribution in [2.75, 3.05) is 13.1 Å². The van der Waals surface area contributed by atoms with E-state index in [0.29, 0.717) is 19.5 Å². The number of rotatable bonds is 6. The van der Waals surface area contributed by atoms with Crippen LogP contribution in [-0.4, -0.2) is 41.3 Å². The van der Waals surface area contributed by atoms with E-state index in [-0.39, 0.29) is 18.7 Å². The van der Waals surface area contributed by atoms with Crippen molar-refractivity contribution in [1.29, 1.82) is 0 Å². The van der Waals surface area contributed by atoms with Crippen molar-refractivity contribution in [3.8, 4) is 0 Å². The Hall–Kier alpha value is -1.67. The van der Waals surface area contributed by atoms with Gasteiger partial charge in [0.15, 0.2) is 0 Å². The van der Waals surface area contributed by atoms with E-state index in [2.05, 4.69) is 9.72 Å². The maximum Gasteiger partial charge on any atom is 0.522 e. The number of para-hydroxylation sites is 1. The van der Waals surface area contributed by atoms with E-state index in [1.54, 1.807) is 16.2 Å². The molecule has 0 unspecified atom stereocenters. The van der Waals surface area contributed by atoms with Gasteiger partial charge in [-0.2, -0.15) is 0 Å². The molecule has 1 aromatic heterocycles. The van der Waals surface area contributed by atoms with Gasteiger partial charge < -0.3 is 4.90 Å². The third kappa shape index (κ3) is 5.41. The van der Waals surface area contributed by atoms with Crippen molar-refractivity contribution in [3.05, 3.63) is 29.3 Å². The highest BCUT2D eigenvalue weighted by atomic mass is 32.1. The first-order chi connectivity index (χ1) is 12.4. The first kappa shape index (κ1) is 19.1. The lowest BCUT2D eigenvalue weighted by molar-refractivity contribution is -0.345. The summed E-state index contributed by atoms with van der Waals surface area (Å²) in [6.45, 7) is 0.662. The maximum atomic E-state index is 12.2. The number of fused-ring (bicyclic) bond motifs is 1. The molecule has 4 nitrogen and oxygen atoms in total. The molecular formula is C18H21F3N2O2S. The summed E-state index contributed by atoms with van der Waals surface area (Å²) in [5.41, 5.74) is 1.01. The standard InChI is InChI=1S/C18H21F3N2O2S/c19-18(20,21)25-13-9-11-23(12-10-13)17(24)8-4-3-7-16-22-14-5-1-2-6-15(14)26-16/h1-2,5-6,13H,3-4,7-12H2. The van der Waals surface area contributed by atoms with Gasteiger partial charge in [0.1, 0.15) is 0 Å². The number of unbranched alkanes of at least 4 members (excludes halogenated alkanes) is 1. The average molecular weight is 386 g/mol. The molecule has 0 radical (unpaired) electrons. The zero-order valence-corrected chi connectivity index (χ0v) is 15.1. The van der Waals surface area contributed by atoms with E-state index in [4.69, 9.17) is 0 Å². The summed E-state index contributed by atoms with van der Waals surface area (Å²) < 4.78 is 41.8. The summed E-state index contributed by atoms with van der Waals surface area (Å²) in [5.74, 6) is 0.0137. The summed E-state index contributed by atoms with van der Waals surface area (Å²) in [6, 6.07) is 8.00. The van der Waals surface area contributed by atoms with Crippen LogP contribution < -0.4 is 0 Å². The van der Waals surface area contributed by atoms with E-state index in [1.165, 1.54) is 4.70 Å². The van der Waals surface area contributed by atoms with Gasteiger partial charge in [-0.25, -0.2) is 4.98 Å². The Morgan fingerprint density at radius 3 is 2.65 bits per heavy atom. The number of piperidine rings is 1. The first-order valence-electron chi connectivity index (χ1n) is 8.77. The molecule has 1 saturated heterocycles. The number of hydrogen-bond acceptors (Lipinski definition) is 4. The molecule has 8 heteroatoms. The number of amides is 1. The van der Waals surface area contributed by atoms with E-state index in [0.717, 1.165) is 29.8 Å². The van der Waals surface area contributed by atoms with Crippen molar-refractivity contribution in [1.82, 2.24) is 9.88 Å². The second-order valence-electron chi connectivity index (χ2n) is 6.43. The fourth-order valence-corrected chi connectivity index (χ4v) is 4.16. The molecule has 0 aliphatic carbocycles. The molecule has 0 atom stereocenters. The number of carbonyl (C=O) groups is 1. The number of benzene rings is 1. The first-order valence-corrected chi connectivity index (χ1v) is 9.59. The van der Waals surface area contributed by atoms with Crippen LogP contribution in [0, 0.1) is 0 Å². The molecule has 1 aliphatic heterocycles. The van der Waals surface area contributed by atoms with Gasteiger partial charge in [-0.05, 0) is 44.2 Å². The highest BCUT2D eigenvalue weighted by Gasteiger charge is 2.35. The van der Waals surface area contributed by atoms with Crippen LogP contribution in [0.5, 0.6) is 0 Å². The molecule has 142 valence electrons. The van der Waals surface area contributed by atoms with E-state index < -0.39 is 12.5 Å². The van der Waals surface area contributed by atoms with Gasteiger partial charge in [-0.3, -0.25) is 9.53 Å². The smallest absolute Gasteiger partial charge is 0.343 e. The molecule has 1 aliphatic rings. The van der Waals surface area contributed by atoms with Gasteiger partial charge in [-0.1, -0.05) is 12.1 Å². The zero-order valence-electron chi connectivity index (χ0n) is 14.3. The number of ether oxygens (including phenoxy) is 1. The van der Waals surface area contributed by atoms with E-state index >= 15 is 0 Å². The SMILES string of the molecule is O=C(CCCCc1nc2ccccc2s1)N1CCC(OC(F)(F)F)CC1. The molecule has 1 aromatic carbocycles. The number of nitrogens with zero attached hydrogens (tertiary/aromatic N) is 2. The second kappa shape index (κ2) is 8.35. The minimum absolute atomic E-state index is 0.0137. The quantitative estimate of drug-likeness (QED) is 0.685. The Bertz CT molecular complexity index is 706. The molecule has 0 bridgehead atoms. The zero-order chi connectivity index (χ0) is 18.6. The molecule has 0 saturated carbocycles. The molecule has 1 fully saturated rings. The molecule has 2 heterocycles. The monoisotopic (exact) mass is 386 g/mol. The summed E-state index contributed by atoms with van der Waals surface area (Å²) in [4.78, 5) is 18.4. The Morgan fingerprint density at radius 1 is 1.23 bits per heavy atom. The predicted octanol–water partition coefficient (Wildman–Crippen LogP) is 4.54. The topological polar surface area (TPSA) is 42.4 Å². The summed E-state index contributed by atoms with van der Waals surface area (Å²) in [6.07, 6.45) is -2.07. The van der Waals surface area contributed by atoms with Gasteiger partial charge in [-0.15, -0.1) is 24.5 Å². The lowest BCUT2D eigenvalue weighted by Crippen LogP contribution is -2.42. The Kier molecular flexibility index (Phi) is 6.13. The normalized spacial score (nSPS) is 16.3. The van der Waals surface area contributed by atoms with Crippen LogP contribution in [0.3, 0.4) is 0 Å². The van der Waals surface area contributed by atoms with Crippen LogP contribution in [0.25, 0.3) is 10.2 Å². The molecule has 0 N–H and O–H groups in total. The van der Waals surface area contributed by atoms with Crippen molar-refractivity contribution in [2.24, 2.45) is 0 Å². The largest absolute Gasteiger partial charge is 0.522 e. The fraction of sp³-hybridized carbons (Fsp3) is 0.556. The van der Waals surface area contributed by atoms with Gasteiger partial charge in [0.2, 0.25) is 5.91 Å². The van der Waals surface area contributed by atoms with Crippen molar-refractivity contribution in [3.63, 3.8) is 0 Å². The van der Waals surface area contributed by atoms with E-state index in [9.17, 15) is 18.0 Å². The number of hydrogen-bond donors (Lipinski definition) is 0. The van der Waals surface area contributed by atoms with Crippen LogP contribution in [0.4, 0.5) is 13.2 Å². The summed E-state index contributed by atoms with van der Waals surface area (Å²) >= 11 is 1.68. The van der Waals surface area contributed by atoms with Gasteiger partial charge in [0.05, 0.1) is 21.3 Å². The van der Waals surface area contributed by atoms with Crippen molar-refractivity contribution in [2.45, 2.75) is 51.0 Å². The minimum atomic E-state index is -4.60. The van der Waals surface area contributed by atoms with Crippen LogP contribution in [-0.2, 0) is 16.0 Å². The molecule has 0 spiro atoms. The fourth-order valence-electron chi connectivity index (χ4n) is 3.15. The van der Waals surface area contributed by atoms with E-state index in [1.807, 2.05) is 24.3 Å². The number of carbonyl (C=O) groups excluding carboxylic acids is 1. The second-order valence-corrected chi connectivity index (χ2v) is 7.54. The third-order valence-corrected chi connectivity index (χ3v) is 5.56. The Balaban J connectivity index is 1.35. The van der Waals surface area contributed by atoms with Crippen LogP contribution in [0.15, 0.2) is 24.3 Å². The number of aryl methyl sites for hydroxylation is 1. The number of aromatic nitrogens is 1. The predicted molar refractivity (Wildman–Crippen MR) is 93.9 cm³/mol. The number of thiazole rings is 1. The van der Waals surface area contributed by atoms with Crippen molar-refractivity contribution < 1.29 is 22.7 Å². The molecule has 1 amide bonds. The lowest BCUT2D eigenvalue weighted by Gasteiger charge is -2.32. The Morgan fingerprint density at radius 2 is 1.96 bits per heavy atom. The molecule has 3 rings (SSSR count). The van der Waals surface area contributed by atoms with Crippen LogP contribution in [0.1, 0.15) is 37.1 Å². The van der Waals surface area contributed by atoms with Crippen LogP contribution in [0.2, 0.25) is 0 Å². The average Bonchev–Trinajstić information content (AvgIpc) is 3.00.